The van der Waals surface area contributed by atoms with Crippen molar-refractivity contribution in [1.29, 1.82) is 0 Å². The van der Waals surface area contributed by atoms with E-state index < -0.39 is 11.7 Å². The molecule has 1 aromatic rings. The summed E-state index contributed by atoms with van der Waals surface area (Å²) in [5, 5.41) is 9.13. The fourth-order valence-corrected chi connectivity index (χ4v) is 2.52. The number of amides is 1. The van der Waals surface area contributed by atoms with Gasteiger partial charge < -0.3 is 30.2 Å². The molecule has 0 radical (unpaired) electrons. The standard InChI is InChI=1S/C21H36N4O4/c1-7-28-18-15-16(10-11-17(18)27-6)9-8-12-23-19(22-5)24-13-14-25-20(26)29-21(2,3)4/h10-11,15H,7-9,12-14H2,1-6H3,(H,25,26)(H2,22,23,24). The van der Waals surface area contributed by atoms with Crippen LogP contribution in [0, 0.1) is 0 Å². The van der Waals surface area contributed by atoms with Crippen LogP contribution in [0.2, 0.25) is 0 Å². The van der Waals surface area contributed by atoms with Gasteiger partial charge in [0.2, 0.25) is 0 Å². The Morgan fingerprint density at radius 2 is 1.76 bits per heavy atom. The zero-order valence-corrected chi connectivity index (χ0v) is 18.6. The number of aliphatic imine (C=N–C) groups is 1. The first-order chi connectivity index (χ1) is 13.8. The zero-order valence-electron chi connectivity index (χ0n) is 18.6. The number of aryl methyl sites for hydroxylation is 1. The van der Waals surface area contributed by atoms with E-state index in [0.717, 1.165) is 30.9 Å². The number of alkyl carbamates (subject to hydrolysis) is 1. The lowest BCUT2D eigenvalue weighted by molar-refractivity contribution is 0.0529. The molecule has 0 aromatic heterocycles. The lowest BCUT2D eigenvalue weighted by Crippen LogP contribution is -2.42. The molecule has 164 valence electrons. The number of benzene rings is 1. The molecule has 0 unspecified atom stereocenters. The van der Waals surface area contributed by atoms with Crippen LogP contribution in [-0.2, 0) is 11.2 Å². The summed E-state index contributed by atoms with van der Waals surface area (Å²) in [6, 6.07) is 6.01. The Balaban J connectivity index is 2.29. The van der Waals surface area contributed by atoms with Crippen molar-refractivity contribution in [2.75, 3.05) is 40.4 Å². The van der Waals surface area contributed by atoms with Crippen LogP contribution in [0.3, 0.4) is 0 Å². The third kappa shape index (κ3) is 10.5. The van der Waals surface area contributed by atoms with Gasteiger partial charge in [-0.3, -0.25) is 4.99 Å². The molecule has 3 N–H and O–H groups in total. The van der Waals surface area contributed by atoms with Gasteiger partial charge in [0.05, 0.1) is 13.7 Å². The van der Waals surface area contributed by atoms with E-state index in [1.165, 1.54) is 5.56 Å². The second kappa shape index (κ2) is 12.7. The van der Waals surface area contributed by atoms with Gasteiger partial charge in [0, 0.05) is 26.7 Å². The Morgan fingerprint density at radius 3 is 2.38 bits per heavy atom. The largest absolute Gasteiger partial charge is 0.493 e. The molecule has 8 nitrogen and oxygen atoms in total. The molecule has 1 rings (SSSR count). The van der Waals surface area contributed by atoms with E-state index >= 15 is 0 Å². The third-order valence-corrected chi connectivity index (χ3v) is 3.77. The van der Waals surface area contributed by atoms with Crippen molar-refractivity contribution in [3.8, 4) is 11.5 Å². The summed E-state index contributed by atoms with van der Waals surface area (Å²) in [6.07, 6.45) is 1.43. The van der Waals surface area contributed by atoms with E-state index in [0.29, 0.717) is 25.7 Å². The highest BCUT2D eigenvalue weighted by molar-refractivity contribution is 5.79. The fraction of sp³-hybridized carbons (Fsp3) is 0.619. The van der Waals surface area contributed by atoms with E-state index in [2.05, 4.69) is 27.0 Å². The Kier molecular flexibility index (Phi) is 10.7. The molecular weight excluding hydrogens is 372 g/mol. The average Bonchev–Trinajstić information content (AvgIpc) is 2.65. The second-order valence-corrected chi connectivity index (χ2v) is 7.38. The Labute approximate surface area is 174 Å². The molecule has 29 heavy (non-hydrogen) atoms. The van der Waals surface area contributed by atoms with Crippen LogP contribution >= 0.6 is 0 Å². The van der Waals surface area contributed by atoms with Gasteiger partial charge in [0.15, 0.2) is 17.5 Å². The van der Waals surface area contributed by atoms with E-state index in [9.17, 15) is 4.79 Å². The van der Waals surface area contributed by atoms with Crippen molar-refractivity contribution in [1.82, 2.24) is 16.0 Å². The van der Waals surface area contributed by atoms with Crippen molar-refractivity contribution >= 4 is 12.1 Å². The maximum absolute atomic E-state index is 11.6. The van der Waals surface area contributed by atoms with Crippen LogP contribution in [0.5, 0.6) is 11.5 Å². The lowest BCUT2D eigenvalue weighted by Gasteiger charge is -2.20. The smallest absolute Gasteiger partial charge is 0.407 e. The molecule has 0 saturated heterocycles. The van der Waals surface area contributed by atoms with Gasteiger partial charge in [-0.2, -0.15) is 0 Å². The van der Waals surface area contributed by atoms with E-state index in [1.54, 1.807) is 14.2 Å². The number of carbonyl (C=O) groups excluding carboxylic acids is 1. The molecule has 0 atom stereocenters. The number of methoxy groups -OCH3 is 1. The molecule has 0 spiro atoms. The van der Waals surface area contributed by atoms with Crippen LogP contribution in [0.1, 0.15) is 39.7 Å². The van der Waals surface area contributed by atoms with Gasteiger partial charge in [-0.25, -0.2) is 4.79 Å². The highest BCUT2D eigenvalue weighted by atomic mass is 16.6. The minimum Gasteiger partial charge on any atom is -0.493 e. The summed E-state index contributed by atoms with van der Waals surface area (Å²) in [7, 11) is 3.36. The van der Waals surface area contributed by atoms with Gasteiger partial charge in [-0.15, -0.1) is 0 Å². The van der Waals surface area contributed by atoms with Crippen LogP contribution < -0.4 is 25.4 Å². The number of ether oxygens (including phenoxy) is 3. The molecule has 0 aliphatic heterocycles. The topological polar surface area (TPSA) is 93.2 Å². The number of hydrogen-bond acceptors (Lipinski definition) is 5. The highest BCUT2D eigenvalue weighted by Crippen LogP contribution is 2.28. The van der Waals surface area contributed by atoms with Crippen LogP contribution in [0.15, 0.2) is 23.2 Å². The van der Waals surface area contributed by atoms with Gasteiger partial charge in [0.1, 0.15) is 5.60 Å². The van der Waals surface area contributed by atoms with Crippen molar-refractivity contribution in [3.63, 3.8) is 0 Å². The zero-order chi connectivity index (χ0) is 21.7. The normalized spacial score (nSPS) is 11.6. The van der Waals surface area contributed by atoms with Crippen molar-refractivity contribution in [3.05, 3.63) is 23.8 Å². The maximum atomic E-state index is 11.6. The SMILES string of the molecule is CCOc1cc(CCCNC(=NC)NCCNC(=O)OC(C)(C)C)ccc1OC. The Morgan fingerprint density at radius 1 is 1.07 bits per heavy atom. The maximum Gasteiger partial charge on any atom is 0.407 e. The first-order valence-corrected chi connectivity index (χ1v) is 10.00. The van der Waals surface area contributed by atoms with Crippen LogP contribution in [0.25, 0.3) is 0 Å². The van der Waals surface area contributed by atoms with E-state index in [4.69, 9.17) is 14.2 Å². The Bertz CT molecular complexity index is 657. The van der Waals surface area contributed by atoms with Crippen molar-refractivity contribution in [2.45, 2.75) is 46.1 Å². The quantitative estimate of drug-likeness (QED) is 0.313. The molecule has 0 fully saturated rings. The number of hydrogen-bond donors (Lipinski definition) is 3. The number of rotatable bonds is 10. The minimum atomic E-state index is -0.498. The average molecular weight is 409 g/mol. The first kappa shape index (κ1) is 24.4. The van der Waals surface area contributed by atoms with Crippen molar-refractivity contribution < 1.29 is 19.0 Å². The summed E-state index contributed by atoms with van der Waals surface area (Å²) in [4.78, 5) is 15.8. The van der Waals surface area contributed by atoms with Crippen LogP contribution in [-0.4, -0.2) is 58.1 Å². The molecule has 1 aromatic carbocycles. The molecule has 0 saturated carbocycles. The summed E-state index contributed by atoms with van der Waals surface area (Å²) >= 11 is 0. The molecule has 0 heterocycles. The molecule has 0 bridgehead atoms. The fourth-order valence-electron chi connectivity index (χ4n) is 2.52. The number of nitrogens with one attached hydrogen (secondary N) is 3. The second-order valence-electron chi connectivity index (χ2n) is 7.38. The highest BCUT2D eigenvalue weighted by Gasteiger charge is 2.15. The third-order valence-electron chi connectivity index (χ3n) is 3.77. The van der Waals surface area contributed by atoms with E-state index in [-0.39, 0.29) is 0 Å². The first-order valence-electron chi connectivity index (χ1n) is 10.00. The number of nitrogens with zero attached hydrogens (tertiary/aromatic N) is 1. The molecular formula is C21H36N4O4. The summed E-state index contributed by atoms with van der Waals surface area (Å²) in [5.41, 5.74) is 0.697. The van der Waals surface area contributed by atoms with Crippen LogP contribution in [0.4, 0.5) is 4.79 Å². The Hall–Kier alpha value is -2.64. The predicted octanol–water partition coefficient (Wildman–Crippen LogP) is 2.72. The molecule has 0 aliphatic rings. The minimum absolute atomic E-state index is 0.423. The molecule has 8 heteroatoms. The summed E-state index contributed by atoms with van der Waals surface area (Å²) < 4.78 is 16.1. The summed E-state index contributed by atoms with van der Waals surface area (Å²) in [5.74, 6) is 2.22. The van der Waals surface area contributed by atoms with Crippen molar-refractivity contribution in [2.24, 2.45) is 4.99 Å². The lowest BCUT2D eigenvalue weighted by atomic mass is 10.1. The summed E-state index contributed by atoms with van der Waals surface area (Å²) in [6.45, 7) is 9.83. The van der Waals surface area contributed by atoms with Gasteiger partial charge >= 0.3 is 6.09 Å². The van der Waals surface area contributed by atoms with Gasteiger partial charge in [-0.1, -0.05) is 6.07 Å². The molecule has 0 aliphatic carbocycles. The van der Waals surface area contributed by atoms with Gasteiger partial charge in [-0.05, 0) is 58.2 Å². The number of guanidine groups is 1. The van der Waals surface area contributed by atoms with E-state index in [1.807, 2.05) is 39.8 Å². The monoisotopic (exact) mass is 408 g/mol. The molecule has 1 amide bonds. The predicted molar refractivity (Wildman–Crippen MR) is 116 cm³/mol. The van der Waals surface area contributed by atoms with Gasteiger partial charge in [0.25, 0.3) is 0 Å². The number of carbonyl (C=O) groups is 1.